The molecule has 1 amide bonds. The maximum absolute atomic E-state index is 11.4. The van der Waals surface area contributed by atoms with Crippen molar-refractivity contribution in [2.75, 3.05) is 37.6 Å². The minimum atomic E-state index is 0.212. The van der Waals surface area contributed by atoms with E-state index >= 15 is 0 Å². The first-order valence-electron chi connectivity index (χ1n) is 7.90. The molecule has 0 unspecified atom stereocenters. The van der Waals surface area contributed by atoms with Crippen molar-refractivity contribution >= 4 is 11.6 Å². The van der Waals surface area contributed by atoms with Gasteiger partial charge in [-0.2, -0.15) is 0 Å². The average Bonchev–Trinajstić information content (AvgIpc) is 2.73. The van der Waals surface area contributed by atoms with Crippen LogP contribution in [0.4, 0.5) is 5.69 Å². The molecule has 0 aromatic carbocycles. The van der Waals surface area contributed by atoms with Crippen molar-refractivity contribution in [3.8, 4) is 0 Å². The zero-order chi connectivity index (χ0) is 14.7. The van der Waals surface area contributed by atoms with Crippen LogP contribution in [0.15, 0.2) is 18.5 Å². The molecule has 1 aromatic heterocycles. The number of pyridine rings is 1. The van der Waals surface area contributed by atoms with Crippen LogP contribution >= 0.6 is 0 Å². The van der Waals surface area contributed by atoms with E-state index in [1.54, 1.807) is 0 Å². The molecule has 2 aliphatic rings. The number of nitrogens with zero attached hydrogens (tertiary/aromatic N) is 3. The van der Waals surface area contributed by atoms with Gasteiger partial charge in [-0.25, -0.2) is 0 Å². The highest BCUT2D eigenvalue weighted by Crippen LogP contribution is 2.22. The van der Waals surface area contributed by atoms with Gasteiger partial charge in [0.15, 0.2) is 0 Å². The maximum Gasteiger partial charge on any atom is 0.220 e. The summed E-state index contributed by atoms with van der Waals surface area (Å²) in [6.07, 6.45) is 6.57. The Bertz CT molecular complexity index is 497. The number of carbonyl (C=O) groups excluding carboxylic acids is 1. The standard InChI is InChI=1S/C16H24N4O/c1-13-12-17-6-5-15(13)20-10-8-19(9-11-20)14-2-3-16(21)18-7-4-14/h5-6,12,14H,2-4,7-11H2,1H3,(H,18,21)/t14-/m0/s1. The average molecular weight is 288 g/mol. The number of rotatable bonds is 2. The summed E-state index contributed by atoms with van der Waals surface area (Å²) in [5, 5.41) is 2.97. The Hall–Kier alpha value is -1.62. The molecule has 5 nitrogen and oxygen atoms in total. The summed E-state index contributed by atoms with van der Waals surface area (Å²) >= 11 is 0. The third kappa shape index (κ3) is 3.35. The lowest BCUT2D eigenvalue weighted by Crippen LogP contribution is -2.50. The number of aryl methyl sites for hydroxylation is 1. The Morgan fingerprint density at radius 2 is 2.05 bits per heavy atom. The fourth-order valence-electron chi connectivity index (χ4n) is 3.42. The Labute approximate surface area is 126 Å². The van der Waals surface area contributed by atoms with Crippen LogP contribution in [0.3, 0.4) is 0 Å². The highest BCUT2D eigenvalue weighted by atomic mass is 16.1. The van der Waals surface area contributed by atoms with Gasteiger partial charge in [-0.1, -0.05) is 0 Å². The molecule has 0 bridgehead atoms. The first kappa shape index (κ1) is 14.3. The van der Waals surface area contributed by atoms with Crippen LogP contribution in [0.2, 0.25) is 0 Å². The van der Waals surface area contributed by atoms with Crippen molar-refractivity contribution in [2.45, 2.75) is 32.2 Å². The number of amides is 1. The van der Waals surface area contributed by atoms with Gasteiger partial charge in [-0.05, 0) is 31.4 Å². The highest BCUT2D eigenvalue weighted by molar-refractivity contribution is 5.76. The molecule has 1 aromatic rings. The molecule has 2 aliphatic heterocycles. The molecule has 2 saturated heterocycles. The first-order chi connectivity index (χ1) is 10.2. The van der Waals surface area contributed by atoms with Gasteiger partial charge >= 0.3 is 0 Å². The molecule has 1 atom stereocenters. The van der Waals surface area contributed by atoms with Crippen LogP contribution in [0.5, 0.6) is 0 Å². The van der Waals surface area contributed by atoms with E-state index in [4.69, 9.17) is 0 Å². The van der Waals surface area contributed by atoms with E-state index in [0.717, 1.165) is 45.6 Å². The second-order valence-electron chi connectivity index (χ2n) is 6.02. The van der Waals surface area contributed by atoms with E-state index in [9.17, 15) is 4.79 Å². The zero-order valence-electron chi connectivity index (χ0n) is 12.7. The van der Waals surface area contributed by atoms with Crippen LogP contribution < -0.4 is 10.2 Å². The number of hydrogen-bond donors (Lipinski definition) is 1. The molecule has 1 N–H and O–H groups in total. The molecule has 0 spiro atoms. The summed E-state index contributed by atoms with van der Waals surface area (Å²) in [5.74, 6) is 0.212. The summed E-state index contributed by atoms with van der Waals surface area (Å²) in [4.78, 5) is 20.6. The van der Waals surface area contributed by atoms with Gasteiger partial charge < -0.3 is 10.2 Å². The van der Waals surface area contributed by atoms with Gasteiger partial charge in [0, 0.05) is 63.3 Å². The van der Waals surface area contributed by atoms with Crippen molar-refractivity contribution in [1.82, 2.24) is 15.2 Å². The molecule has 3 heterocycles. The molecule has 0 radical (unpaired) electrons. The minimum absolute atomic E-state index is 0.212. The van der Waals surface area contributed by atoms with Gasteiger partial charge in [-0.3, -0.25) is 14.7 Å². The smallest absolute Gasteiger partial charge is 0.220 e. The number of nitrogens with one attached hydrogen (secondary N) is 1. The lowest BCUT2D eigenvalue weighted by molar-refractivity contribution is -0.120. The van der Waals surface area contributed by atoms with Crippen molar-refractivity contribution < 1.29 is 4.79 Å². The number of aromatic nitrogens is 1. The Balaban J connectivity index is 1.58. The topological polar surface area (TPSA) is 48.5 Å². The second kappa shape index (κ2) is 6.43. The van der Waals surface area contributed by atoms with Gasteiger partial charge in [0.1, 0.15) is 0 Å². The van der Waals surface area contributed by atoms with E-state index in [-0.39, 0.29) is 5.91 Å². The minimum Gasteiger partial charge on any atom is -0.369 e. The van der Waals surface area contributed by atoms with Gasteiger partial charge in [0.2, 0.25) is 5.91 Å². The van der Waals surface area contributed by atoms with Crippen LogP contribution in [0.1, 0.15) is 24.8 Å². The monoisotopic (exact) mass is 288 g/mol. The summed E-state index contributed by atoms with van der Waals surface area (Å²) in [6.45, 7) is 7.23. The fourth-order valence-corrected chi connectivity index (χ4v) is 3.42. The van der Waals surface area contributed by atoms with Crippen LogP contribution in [0.25, 0.3) is 0 Å². The third-order valence-corrected chi connectivity index (χ3v) is 4.67. The predicted octanol–water partition coefficient (Wildman–Crippen LogP) is 1.18. The van der Waals surface area contributed by atoms with Gasteiger partial charge in [0.25, 0.3) is 0 Å². The normalized spacial score (nSPS) is 24.5. The van der Waals surface area contributed by atoms with Crippen molar-refractivity contribution in [2.24, 2.45) is 0 Å². The van der Waals surface area contributed by atoms with Crippen LogP contribution in [0, 0.1) is 6.92 Å². The van der Waals surface area contributed by atoms with Crippen molar-refractivity contribution in [1.29, 1.82) is 0 Å². The zero-order valence-corrected chi connectivity index (χ0v) is 12.7. The van der Waals surface area contributed by atoms with E-state index in [0.29, 0.717) is 12.5 Å². The van der Waals surface area contributed by atoms with Crippen LogP contribution in [-0.4, -0.2) is 54.6 Å². The highest BCUT2D eigenvalue weighted by Gasteiger charge is 2.26. The Morgan fingerprint density at radius 1 is 1.24 bits per heavy atom. The number of hydrogen-bond acceptors (Lipinski definition) is 4. The van der Waals surface area contributed by atoms with Gasteiger partial charge in [0.05, 0.1) is 0 Å². The largest absolute Gasteiger partial charge is 0.369 e. The number of carbonyl (C=O) groups is 1. The molecule has 0 saturated carbocycles. The maximum atomic E-state index is 11.4. The fraction of sp³-hybridized carbons (Fsp3) is 0.625. The molecule has 3 rings (SSSR count). The molecule has 21 heavy (non-hydrogen) atoms. The molecule has 2 fully saturated rings. The number of piperazine rings is 1. The van der Waals surface area contributed by atoms with E-state index in [1.807, 2.05) is 12.4 Å². The lowest BCUT2D eigenvalue weighted by Gasteiger charge is -2.40. The summed E-state index contributed by atoms with van der Waals surface area (Å²) < 4.78 is 0. The second-order valence-corrected chi connectivity index (χ2v) is 6.02. The summed E-state index contributed by atoms with van der Waals surface area (Å²) in [7, 11) is 0. The number of anilines is 1. The quantitative estimate of drug-likeness (QED) is 0.888. The molecule has 5 heteroatoms. The Morgan fingerprint density at radius 3 is 2.81 bits per heavy atom. The molecule has 114 valence electrons. The molecule has 0 aliphatic carbocycles. The molecular weight excluding hydrogens is 264 g/mol. The Kier molecular flexibility index (Phi) is 4.39. The third-order valence-electron chi connectivity index (χ3n) is 4.67. The summed E-state index contributed by atoms with van der Waals surface area (Å²) in [5.41, 5.74) is 2.55. The summed E-state index contributed by atoms with van der Waals surface area (Å²) in [6, 6.07) is 2.67. The SMILES string of the molecule is Cc1cnccc1N1CCN([C@@H]2CCNC(=O)CC2)CC1. The van der Waals surface area contributed by atoms with E-state index in [1.165, 1.54) is 11.3 Å². The lowest BCUT2D eigenvalue weighted by atomic mass is 10.1. The molecular formula is C16H24N4O. The first-order valence-corrected chi connectivity index (χ1v) is 7.90. The van der Waals surface area contributed by atoms with Crippen molar-refractivity contribution in [3.63, 3.8) is 0 Å². The van der Waals surface area contributed by atoms with Crippen LogP contribution in [-0.2, 0) is 4.79 Å². The van der Waals surface area contributed by atoms with E-state index in [2.05, 4.69) is 33.1 Å². The van der Waals surface area contributed by atoms with Gasteiger partial charge in [-0.15, -0.1) is 0 Å². The van der Waals surface area contributed by atoms with E-state index < -0.39 is 0 Å². The van der Waals surface area contributed by atoms with Crippen molar-refractivity contribution in [3.05, 3.63) is 24.0 Å². The predicted molar refractivity (Wildman–Crippen MR) is 83.4 cm³/mol.